The summed E-state index contributed by atoms with van der Waals surface area (Å²) >= 11 is 5.84. The number of aromatic nitrogens is 4. The molecule has 0 bridgehead atoms. The van der Waals surface area contributed by atoms with Crippen LogP contribution in [0.3, 0.4) is 0 Å². The van der Waals surface area contributed by atoms with Gasteiger partial charge in [0.15, 0.2) is 5.65 Å². The maximum Gasteiger partial charge on any atom is 0.416 e. The molecule has 0 radical (unpaired) electrons. The van der Waals surface area contributed by atoms with Crippen LogP contribution in [0.4, 0.5) is 18.9 Å². The van der Waals surface area contributed by atoms with Gasteiger partial charge < -0.3 is 10.4 Å². The molecular formula is C16H13ClF3N5O3. The van der Waals surface area contributed by atoms with E-state index in [-0.39, 0.29) is 34.9 Å². The number of hydrogen-bond donors (Lipinski definition) is 2. The lowest BCUT2D eigenvalue weighted by Gasteiger charge is -2.12. The zero-order chi connectivity index (χ0) is 20.5. The summed E-state index contributed by atoms with van der Waals surface area (Å²) in [5.74, 6) is -0.757. The Morgan fingerprint density at radius 2 is 2.07 bits per heavy atom. The molecule has 1 amide bonds. The zero-order valence-electron chi connectivity index (χ0n) is 14.1. The fraction of sp³-hybridized carbons (Fsp3) is 0.250. The van der Waals surface area contributed by atoms with Crippen LogP contribution in [0, 0.1) is 0 Å². The molecular weight excluding hydrogens is 403 g/mol. The van der Waals surface area contributed by atoms with Gasteiger partial charge in [0, 0.05) is 0 Å². The van der Waals surface area contributed by atoms with Crippen molar-refractivity contribution in [3.8, 4) is 0 Å². The molecule has 28 heavy (non-hydrogen) atoms. The van der Waals surface area contributed by atoms with Gasteiger partial charge in [-0.25, -0.2) is 9.67 Å². The molecule has 0 aliphatic heterocycles. The van der Waals surface area contributed by atoms with Crippen LogP contribution in [0.5, 0.6) is 0 Å². The van der Waals surface area contributed by atoms with Gasteiger partial charge in [-0.15, -0.1) is 0 Å². The summed E-state index contributed by atoms with van der Waals surface area (Å²) < 4.78 is 40.8. The monoisotopic (exact) mass is 415 g/mol. The molecule has 2 aromatic heterocycles. The number of rotatable bonds is 5. The van der Waals surface area contributed by atoms with E-state index < -0.39 is 29.8 Å². The molecule has 0 unspecified atom stereocenters. The predicted molar refractivity (Wildman–Crippen MR) is 94.0 cm³/mol. The first-order valence-corrected chi connectivity index (χ1v) is 8.27. The van der Waals surface area contributed by atoms with E-state index in [0.29, 0.717) is 6.07 Å². The van der Waals surface area contributed by atoms with E-state index in [4.69, 9.17) is 16.7 Å². The summed E-state index contributed by atoms with van der Waals surface area (Å²) in [7, 11) is 0. The second kappa shape index (κ2) is 7.60. The third-order valence-electron chi connectivity index (χ3n) is 3.82. The highest BCUT2D eigenvalue weighted by atomic mass is 35.5. The quantitative estimate of drug-likeness (QED) is 0.662. The van der Waals surface area contributed by atoms with E-state index in [9.17, 15) is 22.8 Å². The van der Waals surface area contributed by atoms with Gasteiger partial charge in [0.25, 0.3) is 5.56 Å². The van der Waals surface area contributed by atoms with E-state index in [1.165, 1.54) is 10.9 Å². The number of benzene rings is 1. The molecule has 0 aliphatic carbocycles. The lowest BCUT2D eigenvalue weighted by atomic mass is 10.2. The second-order valence-corrected chi connectivity index (χ2v) is 6.15. The van der Waals surface area contributed by atoms with Crippen LogP contribution >= 0.6 is 11.6 Å². The number of hydrogen-bond acceptors (Lipinski definition) is 5. The summed E-state index contributed by atoms with van der Waals surface area (Å²) in [6, 6.07) is 2.53. The number of alkyl halides is 3. The van der Waals surface area contributed by atoms with E-state index in [0.717, 1.165) is 23.0 Å². The number of amides is 1. The third-order valence-corrected chi connectivity index (χ3v) is 4.15. The summed E-state index contributed by atoms with van der Waals surface area (Å²) in [5, 5.41) is 15.2. The van der Waals surface area contributed by atoms with Crippen molar-refractivity contribution in [1.82, 2.24) is 19.3 Å². The van der Waals surface area contributed by atoms with Gasteiger partial charge in [0.05, 0.1) is 35.6 Å². The largest absolute Gasteiger partial charge is 0.416 e. The fourth-order valence-corrected chi connectivity index (χ4v) is 2.68. The van der Waals surface area contributed by atoms with Gasteiger partial charge in [-0.3, -0.25) is 14.2 Å². The molecule has 3 rings (SSSR count). The number of carbonyl (C=O) groups excluding carboxylic acids is 1. The van der Waals surface area contributed by atoms with Crippen LogP contribution in [-0.4, -0.2) is 37.0 Å². The Kier molecular flexibility index (Phi) is 5.38. The molecule has 0 aliphatic rings. The second-order valence-electron chi connectivity index (χ2n) is 5.75. The number of aliphatic hydroxyl groups is 1. The van der Waals surface area contributed by atoms with E-state index in [1.54, 1.807) is 0 Å². The Bertz CT molecular complexity index is 1090. The first-order valence-electron chi connectivity index (χ1n) is 7.89. The van der Waals surface area contributed by atoms with E-state index >= 15 is 0 Å². The molecule has 8 nitrogen and oxygen atoms in total. The highest BCUT2D eigenvalue weighted by Gasteiger charge is 2.31. The van der Waals surface area contributed by atoms with Gasteiger partial charge in [-0.2, -0.15) is 18.3 Å². The van der Waals surface area contributed by atoms with E-state index in [1.807, 2.05) is 0 Å². The first-order chi connectivity index (χ1) is 13.2. The molecule has 0 fully saturated rings. The van der Waals surface area contributed by atoms with Crippen molar-refractivity contribution < 1.29 is 23.1 Å². The van der Waals surface area contributed by atoms with Crippen LogP contribution in [0.15, 0.2) is 35.5 Å². The minimum atomic E-state index is -4.59. The van der Waals surface area contributed by atoms with Crippen LogP contribution in [0.2, 0.25) is 5.02 Å². The number of fused-ring (bicyclic) bond motifs is 1. The Morgan fingerprint density at radius 1 is 1.32 bits per heavy atom. The van der Waals surface area contributed by atoms with Crippen LogP contribution in [0.25, 0.3) is 11.0 Å². The average Bonchev–Trinajstić information content (AvgIpc) is 3.02. The Balaban J connectivity index is 1.82. The summed E-state index contributed by atoms with van der Waals surface area (Å²) in [6.07, 6.45) is -2.21. The molecule has 2 heterocycles. The van der Waals surface area contributed by atoms with Crippen molar-refractivity contribution in [3.05, 3.63) is 51.7 Å². The van der Waals surface area contributed by atoms with Gasteiger partial charge in [-0.05, 0) is 18.2 Å². The summed E-state index contributed by atoms with van der Waals surface area (Å²) in [5.41, 5.74) is -1.50. The van der Waals surface area contributed by atoms with E-state index in [2.05, 4.69) is 15.4 Å². The number of carbonyl (C=O) groups is 1. The van der Waals surface area contributed by atoms with Crippen molar-refractivity contribution in [1.29, 1.82) is 0 Å². The smallest absolute Gasteiger partial charge is 0.394 e. The molecule has 148 valence electrons. The van der Waals surface area contributed by atoms with Crippen molar-refractivity contribution in [2.75, 3.05) is 11.9 Å². The molecule has 0 saturated heterocycles. The van der Waals surface area contributed by atoms with Crippen molar-refractivity contribution in [2.24, 2.45) is 0 Å². The van der Waals surface area contributed by atoms with Crippen LogP contribution in [0.1, 0.15) is 5.56 Å². The van der Waals surface area contributed by atoms with Crippen LogP contribution in [-0.2, 0) is 24.1 Å². The number of nitrogens with one attached hydrogen (secondary N) is 1. The average molecular weight is 416 g/mol. The molecule has 0 atom stereocenters. The Hall–Kier alpha value is -2.92. The first kappa shape index (κ1) is 19.8. The standard InChI is InChI=1S/C16H13ClF3N5O3/c17-11-2-1-9(16(18,19)20)5-12(11)23-13(27)7-24-8-21-14-10(15(24)28)6-22-25(14)3-4-26/h1-2,5-6,8,26H,3-4,7H2,(H,23,27). The Labute approximate surface area is 160 Å². The van der Waals surface area contributed by atoms with Gasteiger partial charge in [0.1, 0.15) is 18.3 Å². The fourth-order valence-electron chi connectivity index (χ4n) is 2.51. The highest BCUT2D eigenvalue weighted by Crippen LogP contribution is 2.33. The lowest BCUT2D eigenvalue weighted by molar-refractivity contribution is -0.137. The number of aliphatic hydroxyl groups excluding tert-OH is 1. The lowest BCUT2D eigenvalue weighted by Crippen LogP contribution is -2.28. The molecule has 2 N–H and O–H groups in total. The number of nitrogens with zero attached hydrogens (tertiary/aromatic N) is 4. The predicted octanol–water partition coefficient (Wildman–Crippen LogP) is 1.90. The normalized spacial score (nSPS) is 11.8. The maximum atomic E-state index is 12.8. The Morgan fingerprint density at radius 3 is 2.75 bits per heavy atom. The van der Waals surface area contributed by atoms with Crippen molar-refractivity contribution in [3.63, 3.8) is 0 Å². The zero-order valence-corrected chi connectivity index (χ0v) is 14.8. The SMILES string of the molecule is O=C(Cn1cnc2c(cnn2CCO)c1=O)Nc1cc(C(F)(F)F)ccc1Cl. The summed E-state index contributed by atoms with van der Waals surface area (Å²) in [4.78, 5) is 28.7. The minimum absolute atomic E-state index is 0.0763. The molecule has 1 aromatic carbocycles. The highest BCUT2D eigenvalue weighted by molar-refractivity contribution is 6.33. The maximum absolute atomic E-state index is 12.8. The molecule has 12 heteroatoms. The molecule has 0 spiro atoms. The minimum Gasteiger partial charge on any atom is -0.394 e. The van der Waals surface area contributed by atoms with Crippen molar-refractivity contribution in [2.45, 2.75) is 19.3 Å². The number of anilines is 1. The third kappa shape index (κ3) is 3.99. The molecule has 0 saturated carbocycles. The molecule has 3 aromatic rings. The van der Waals surface area contributed by atoms with Gasteiger partial charge in [-0.1, -0.05) is 11.6 Å². The van der Waals surface area contributed by atoms with Gasteiger partial charge in [0.2, 0.25) is 5.91 Å². The van der Waals surface area contributed by atoms with Gasteiger partial charge >= 0.3 is 6.18 Å². The van der Waals surface area contributed by atoms with Crippen LogP contribution < -0.4 is 10.9 Å². The number of halogens is 4. The topological polar surface area (TPSA) is 102 Å². The van der Waals surface area contributed by atoms with Crippen molar-refractivity contribution >= 4 is 34.2 Å². The summed E-state index contributed by atoms with van der Waals surface area (Å²) in [6.45, 7) is -0.532.